The lowest BCUT2D eigenvalue weighted by Crippen LogP contribution is -2.61. The molecule has 1 aromatic carbocycles. The number of carbonyl (C=O) groups is 9. The summed E-state index contributed by atoms with van der Waals surface area (Å²) in [5, 5.41) is 47.7. The van der Waals surface area contributed by atoms with E-state index >= 15 is 0 Å². The van der Waals surface area contributed by atoms with Crippen LogP contribution >= 0.6 is 0 Å². The molecular formula is C48H79N9O12. The number of phenols is 1. The van der Waals surface area contributed by atoms with Crippen molar-refractivity contribution in [2.75, 3.05) is 13.2 Å². The maximum atomic E-state index is 14.1. The van der Waals surface area contributed by atoms with Gasteiger partial charge in [-0.1, -0.05) is 87.8 Å². The number of carbonyl (C=O) groups excluding carboxylic acids is 8. The van der Waals surface area contributed by atoms with Crippen molar-refractivity contribution in [2.24, 2.45) is 35.3 Å². The molecule has 1 saturated heterocycles. The number of nitrogens with two attached hydrogens (primary N) is 1. The highest BCUT2D eigenvalue weighted by Gasteiger charge is 2.40. The molecule has 21 nitrogen and oxygen atoms in total. The Bertz CT molecular complexity index is 1930. The van der Waals surface area contributed by atoms with Crippen molar-refractivity contribution in [1.29, 1.82) is 0 Å². The number of nitrogens with zero attached hydrogens (tertiary/aromatic N) is 1. The average Bonchev–Trinajstić information content (AvgIpc) is 3.78. The molecule has 0 radical (unpaired) electrons. The Morgan fingerprint density at radius 1 is 0.638 bits per heavy atom. The van der Waals surface area contributed by atoms with Gasteiger partial charge in [0.05, 0.1) is 12.6 Å². The molecule has 0 spiro atoms. The molecule has 1 aliphatic heterocycles. The predicted molar refractivity (Wildman–Crippen MR) is 256 cm³/mol. The Hall–Kier alpha value is -5.83. The monoisotopic (exact) mass is 974 g/mol. The van der Waals surface area contributed by atoms with E-state index in [0.717, 1.165) is 0 Å². The summed E-state index contributed by atoms with van der Waals surface area (Å²) < 4.78 is 0. The second-order valence-corrected chi connectivity index (χ2v) is 19.7. The van der Waals surface area contributed by atoms with Gasteiger partial charge in [-0.25, -0.2) is 4.79 Å². The summed E-state index contributed by atoms with van der Waals surface area (Å²) >= 11 is 0. The summed E-state index contributed by atoms with van der Waals surface area (Å²) in [5.41, 5.74) is 6.57. The van der Waals surface area contributed by atoms with Crippen LogP contribution in [0, 0.1) is 29.6 Å². The van der Waals surface area contributed by atoms with E-state index in [1.807, 2.05) is 27.7 Å². The van der Waals surface area contributed by atoms with Gasteiger partial charge in [0, 0.05) is 13.0 Å². The zero-order valence-electron chi connectivity index (χ0n) is 42.1. The molecule has 1 heterocycles. The molecule has 0 bridgehead atoms. The Morgan fingerprint density at radius 3 is 1.68 bits per heavy atom. The molecule has 12 N–H and O–H groups in total. The largest absolute Gasteiger partial charge is 0.508 e. The fraction of sp³-hybridized carbons (Fsp3) is 0.688. The predicted octanol–water partition coefficient (Wildman–Crippen LogP) is 0.194. The van der Waals surface area contributed by atoms with Crippen LogP contribution < -0.4 is 43.0 Å². The molecule has 1 aliphatic rings. The number of phenolic OH excluding ortho intramolecular Hbond substituents is 1. The Balaban J connectivity index is 2.32. The van der Waals surface area contributed by atoms with E-state index in [-0.39, 0.29) is 42.9 Å². The molecule has 8 amide bonds. The van der Waals surface area contributed by atoms with Gasteiger partial charge in [0.15, 0.2) is 0 Å². The third-order valence-corrected chi connectivity index (χ3v) is 12.1. The van der Waals surface area contributed by atoms with Crippen LogP contribution in [0.3, 0.4) is 0 Å². The summed E-state index contributed by atoms with van der Waals surface area (Å²) in [5.74, 6) is -8.36. The summed E-state index contributed by atoms with van der Waals surface area (Å²) in [7, 11) is 0. The zero-order valence-corrected chi connectivity index (χ0v) is 42.1. The minimum absolute atomic E-state index is 0.0206. The van der Waals surface area contributed by atoms with Gasteiger partial charge in [-0.05, 0) is 79.9 Å². The third-order valence-electron chi connectivity index (χ3n) is 12.1. The summed E-state index contributed by atoms with van der Waals surface area (Å²) in [6.07, 6.45) is 1.50. The fourth-order valence-corrected chi connectivity index (χ4v) is 7.67. The number of carboxylic acids is 1. The molecule has 0 aliphatic carbocycles. The Labute approximate surface area is 406 Å². The van der Waals surface area contributed by atoms with Crippen molar-refractivity contribution in [3.8, 4) is 5.75 Å². The van der Waals surface area contributed by atoms with E-state index in [1.165, 1.54) is 36.1 Å². The van der Waals surface area contributed by atoms with Crippen molar-refractivity contribution in [2.45, 2.75) is 169 Å². The van der Waals surface area contributed by atoms with E-state index in [0.29, 0.717) is 31.2 Å². The average molecular weight is 974 g/mol. The highest BCUT2D eigenvalue weighted by Crippen LogP contribution is 2.22. The minimum atomic E-state index is -1.57. The normalized spacial score (nSPS) is 17.6. The number of hydrogen-bond donors (Lipinski definition) is 11. The molecule has 69 heavy (non-hydrogen) atoms. The van der Waals surface area contributed by atoms with Gasteiger partial charge in [-0.15, -0.1) is 0 Å². The van der Waals surface area contributed by atoms with Crippen LogP contribution in [0.2, 0.25) is 0 Å². The lowest BCUT2D eigenvalue weighted by molar-refractivity contribution is -0.144. The number of aliphatic hydroxyl groups is 1. The highest BCUT2D eigenvalue weighted by atomic mass is 16.4. The number of benzene rings is 1. The zero-order chi connectivity index (χ0) is 52.4. The van der Waals surface area contributed by atoms with Crippen LogP contribution in [0.15, 0.2) is 24.3 Å². The van der Waals surface area contributed by atoms with Gasteiger partial charge < -0.3 is 63.2 Å². The maximum Gasteiger partial charge on any atom is 0.326 e. The van der Waals surface area contributed by atoms with Gasteiger partial charge in [0.25, 0.3) is 0 Å². The van der Waals surface area contributed by atoms with Crippen LogP contribution in [-0.2, 0) is 49.6 Å². The standard InChI is InChI=1S/C48H79N9O12/c1-12-28(10)39(46(66)54-35(23-58)43(63)55-38(27(8)9)48(68)69)56-42(62)33(22-30-15-17-31(59)18-16-30)51-40(60)29(11)50-41(61)32(20-24(2)3)52-44(64)36-14-13-19-57(36)47(67)34(21-25(4)5)53-45(65)37(49)26(6)7/h15-18,24-29,32-39,58-59H,12-14,19-23,49H2,1-11H3,(H,50,61)(H,51,60)(H,52,64)(H,53,65)(H,54,66)(H,55,63)(H,56,62)(H,68,69)/t28-,29-,32-,33-,34-,35-,36-,37-,38-,39-/m0/s1. The van der Waals surface area contributed by atoms with Crippen molar-refractivity contribution in [3.63, 3.8) is 0 Å². The first-order chi connectivity index (χ1) is 32.2. The molecule has 10 atom stereocenters. The number of rotatable bonds is 27. The van der Waals surface area contributed by atoms with E-state index < -0.39 is 126 Å². The molecule has 0 unspecified atom stereocenters. The molecule has 1 fully saturated rings. The van der Waals surface area contributed by atoms with E-state index in [2.05, 4.69) is 37.2 Å². The Morgan fingerprint density at radius 2 is 1.16 bits per heavy atom. The van der Waals surface area contributed by atoms with Gasteiger partial charge in [0.1, 0.15) is 54.1 Å². The first kappa shape index (κ1) is 59.3. The maximum absolute atomic E-state index is 14.1. The van der Waals surface area contributed by atoms with E-state index in [1.54, 1.807) is 41.5 Å². The van der Waals surface area contributed by atoms with Crippen LogP contribution in [0.25, 0.3) is 0 Å². The van der Waals surface area contributed by atoms with E-state index in [4.69, 9.17) is 5.73 Å². The molecule has 388 valence electrons. The van der Waals surface area contributed by atoms with Crippen molar-refractivity contribution in [1.82, 2.24) is 42.1 Å². The summed E-state index contributed by atoms with van der Waals surface area (Å²) in [6, 6.07) is -4.87. The molecule has 21 heteroatoms. The van der Waals surface area contributed by atoms with Crippen LogP contribution in [0.4, 0.5) is 0 Å². The second-order valence-electron chi connectivity index (χ2n) is 19.7. The topological polar surface area (TPSA) is 328 Å². The molecule has 2 rings (SSSR count). The van der Waals surface area contributed by atoms with Crippen molar-refractivity contribution >= 4 is 53.2 Å². The molecule has 0 aromatic heterocycles. The fourth-order valence-electron chi connectivity index (χ4n) is 7.67. The van der Waals surface area contributed by atoms with Gasteiger partial charge in [-0.3, -0.25) is 38.4 Å². The number of aliphatic carboxylic acids is 1. The summed E-state index contributed by atoms with van der Waals surface area (Å²) in [6.45, 7) is 18.4. The highest BCUT2D eigenvalue weighted by molar-refractivity contribution is 5.98. The first-order valence-corrected chi connectivity index (χ1v) is 24.0. The SMILES string of the molecule is CC[C@H](C)[C@H](NC(=O)[C@H](Cc1ccc(O)cc1)NC(=O)[C@H](C)NC(=O)[C@H](CC(C)C)NC(=O)[C@@H]1CCCN1C(=O)[C@H](CC(C)C)NC(=O)[C@@H](N)C(C)C)C(=O)N[C@@H](CO)C(=O)N[C@H](C(=O)O)C(C)C. The van der Waals surface area contributed by atoms with E-state index in [9.17, 15) is 58.5 Å². The van der Waals surface area contributed by atoms with Gasteiger partial charge >= 0.3 is 5.97 Å². The smallest absolute Gasteiger partial charge is 0.326 e. The number of carboxylic acid groups (broad SMARTS) is 1. The number of amides is 8. The first-order valence-electron chi connectivity index (χ1n) is 24.0. The molecule has 1 aromatic rings. The van der Waals surface area contributed by atoms with Crippen LogP contribution in [-0.4, -0.2) is 141 Å². The minimum Gasteiger partial charge on any atom is -0.508 e. The number of likely N-dealkylation sites (tertiary alicyclic amines) is 1. The van der Waals surface area contributed by atoms with Crippen LogP contribution in [0.5, 0.6) is 5.75 Å². The lowest BCUT2D eigenvalue weighted by atomic mass is 9.96. The number of hydrogen-bond acceptors (Lipinski definition) is 12. The lowest BCUT2D eigenvalue weighted by Gasteiger charge is -2.31. The molecular weight excluding hydrogens is 895 g/mol. The number of nitrogens with one attached hydrogen (secondary N) is 7. The van der Waals surface area contributed by atoms with Crippen molar-refractivity contribution < 1.29 is 58.5 Å². The molecule has 0 saturated carbocycles. The quantitative estimate of drug-likeness (QED) is 0.0562. The van der Waals surface area contributed by atoms with Crippen LogP contribution in [0.1, 0.15) is 114 Å². The van der Waals surface area contributed by atoms with Gasteiger partial charge in [-0.2, -0.15) is 0 Å². The third kappa shape index (κ3) is 18.5. The summed E-state index contributed by atoms with van der Waals surface area (Å²) in [4.78, 5) is 123. The second kappa shape index (κ2) is 28.0. The Kier molecular flexibility index (Phi) is 24.0. The number of aromatic hydroxyl groups is 1. The van der Waals surface area contributed by atoms with Crippen molar-refractivity contribution in [3.05, 3.63) is 29.8 Å². The number of aliphatic hydroxyl groups excluding tert-OH is 1. The van der Waals surface area contributed by atoms with Gasteiger partial charge in [0.2, 0.25) is 47.3 Å².